The Bertz CT molecular complexity index is 531. The maximum atomic E-state index is 12.7. The summed E-state index contributed by atoms with van der Waals surface area (Å²) in [5.74, 6) is -0.746. The molecular formula is C12H12F3N3O. The maximum Gasteiger partial charge on any atom is 0.435 e. The molecular weight excluding hydrogens is 259 g/mol. The molecule has 1 amide bonds. The van der Waals surface area contributed by atoms with Gasteiger partial charge in [0.05, 0.1) is 5.56 Å². The SMILES string of the molecule is Cn1cc(C(=O)NCC2C=CC=C2)c(C(F)(F)F)n1. The summed E-state index contributed by atoms with van der Waals surface area (Å²) in [4.78, 5) is 11.8. The van der Waals surface area contributed by atoms with E-state index in [9.17, 15) is 18.0 Å². The van der Waals surface area contributed by atoms with Crippen LogP contribution < -0.4 is 5.32 Å². The Morgan fingerprint density at radius 2 is 2.05 bits per heavy atom. The maximum absolute atomic E-state index is 12.7. The molecule has 0 fully saturated rings. The van der Waals surface area contributed by atoms with Gasteiger partial charge in [-0.1, -0.05) is 24.3 Å². The summed E-state index contributed by atoms with van der Waals surface area (Å²) in [6, 6.07) is 0. The number of carbonyl (C=O) groups is 1. The third kappa shape index (κ3) is 3.04. The third-order valence-electron chi connectivity index (χ3n) is 2.67. The fraction of sp³-hybridized carbons (Fsp3) is 0.333. The molecule has 0 unspecified atom stereocenters. The number of hydrogen-bond acceptors (Lipinski definition) is 2. The molecule has 19 heavy (non-hydrogen) atoms. The minimum absolute atomic E-state index is 0.0231. The van der Waals surface area contributed by atoms with Crippen LogP contribution in [0, 0.1) is 5.92 Å². The zero-order valence-corrected chi connectivity index (χ0v) is 10.1. The van der Waals surface area contributed by atoms with Gasteiger partial charge in [-0.3, -0.25) is 9.48 Å². The van der Waals surface area contributed by atoms with Gasteiger partial charge in [-0.15, -0.1) is 0 Å². The molecule has 0 aromatic carbocycles. The van der Waals surface area contributed by atoms with Crippen molar-refractivity contribution in [3.63, 3.8) is 0 Å². The molecule has 1 aromatic heterocycles. The van der Waals surface area contributed by atoms with Gasteiger partial charge in [0.2, 0.25) is 0 Å². The summed E-state index contributed by atoms with van der Waals surface area (Å²) < 4.78 is 39.0. The van der Waals surface area contributed by atoms with Crippen LogP contribution in [-0.2, 0) is 13.2 Å². The summed E-state index contributed by atoms with van der Waals surface area (Å²) in [6.07, 6.45) is 3.78. The first-order chi connectivity index (χ1) is 8.88. The van der Waals surface area contributed by atoms with E-state index in [2.05, 4.69) is 10.4 Å². The number of aryl methyl sites for hydroxylation is 1. The number of nitrogens with zero attached hydrogens (tertiary/aromatic N) is 2. The van der Waals surface area contributed by atoms with E-state index in [-0.39, 0.29) is 12.5 Å². The number of alkyl halides is 3. The van der Waals surface area contributed by atoms with Crippen molar-refractivity contribution in [1.29, 1.82) is 0 Å². The lowest BCUT2D eigenvalue weighted by Gasteiger charge is -2.09. The molecule has 1 N–H and O–H groups in total. The largest absolute Gasteiger partial charge is 0.435 e. The molecule has 0 bridgehead atoms. The average molecular weight is 271 g/mol. The van der Waals surface area contributed by atoms with Crippen LogP contribution >= 0.6 is 0 Å². The first-order valence-electron chi connectivity index (χ1n) is 5.62. The lowest BCUT2D eigenvalue weighted by atomic mass is 10.1. The minimum Gasteiger partial charge on any atom is -0.351 e. The van der Waals surface area contributed by atoms with Crippen molar-refractivity contribution in [2.45, 2.75) is 6.18 Å². The Balaban J connectivity index is 2.10. The molecule has 4 nitrogen and oxygen atoms in total. The Labute approximate surface area is 107 Å². The van der Waals surface area contributed by atoms with E-state index in [1.807, 2.05) is 24.3 Å². The van der Waals surface area contributed by atoms with E-state index in [4.69, 9.17) is 0 Å². The van der Waals surface area contributed by atoms with Crippen LogP contribution in [0.1, 0.15) is 16.1 Å². The molecule has 0 atom stereocenters. The smallest absolute Gasteiger partial charge is 0.351 e. The lowest BCUT2D eigenvalue weighted by molar-refractivity contribution is -0.141. The van der Waals surface area contributed by atoms with Gasteiger partial charge in [0.25, 0.3) is 5.91 Å². The van der Waals surface area contributed by atoms with Crippen LogP contribution in [0.15, 0.2) is 30.5 Å². The van der Waals surface area contributed by atoms with E-state index < -0.39 is 23.3 Å². The highest BCUT2D eigenvalue weighted by molar-refractivity contribution is 5.95. The topological polar surface area (TPSA) is 46.9 Å². The second-order valence-electron chi connectivity index (χ2n) is 4.21. The van der Waals surface area contributed by atoms with Gasteiger partial charge in [0, 0.05) is 25.7 Å². The Morgan fingerprint density at radius 3 is 2.63 bits per heavy atom. The molecule has 0 radical (unpaired) electrons. The summed E-state index contributed by atoms with van der Waals surface area (Å²) in [5.41, 5.74) is -1.62. The zero-order valence-electron chi connectivity index (χ0n) is 10.1. The van der Waals surface area contributed by atoms with Crippen molar-refractivity contribution in [1.82, 2.24) is 15.1 Å². The number of nitrogens with one attached hydrogen (secondary N) is 1. The van der Waals surface area contributed by atoms with Crippen LogP contribution in [0.5, 0.6) is 0 Å². The van der Waals surface area contributed by atoms with Crippen molar-refractivity contribution in [3.05, 3.63) is 41.8 Å². The fourth-order valence-corrected chi connectivity index (χ4v) is 1.78. The third-order valence-corrected chi connectivity index (χ3v) is 2.67. The summed E-state index contributed by atoms with van der Waals surface area (Å²) >= 11 is 0. The number of allylic oxidation sites excluding steroid dienone is 2. The standard InChI is InChI=1S/C12H12F3N3O/c1-18-7-9(10(17-18)12(13,14)15)11(19)16-6-8-4-2-3-5-8/h2-5,7-8H,6H2,1H3,(H,16,19). The second-order valence-corrected chi connectivity index (χ2v) is 4.21. The summed E-state index contributed by atoms with van der Waals surface area (Å²) in [5, 5.41) is 5.76. The van der Waals surface area contributed by atoms with Crippen molar-refractivity contribution < 1.29 is 18.0 Å². The van der Waals surface area contributed by atoms with Crippen molar-refractivity contribution in [2.75, 3.05) is 6.54 Å². The van der Waals surface area contributed by atoms with Crippen LogP contribution in [0.4, 0.5) is 13.2 Å². The normalized spacial score (nSPS) is 15.2. The molecule has 1 heterocycles. The number of hydrogen-bond donors (Lipinski definition) is 1. The van der Waals surface area contributed by atoms with E-state index in [0.29, 0.717) is 0 Å². The fourth-order valence-electron chi connectivity index (χ4n) is 1.78. The highest BCUT2D eigenvalue weighted by Crippen LogP contribution is 2.30. The molecule has 2 rings (SSSR count). The predicted molar refractivity (Wildman–Crippen MR) is 62.3 cm³/mol. The molecule has 7 heteroatoms. The zero-order chi connectivity index (χ0) is 14.0. The van der Waals surface area contributed by atoms with Crippen LogP contribution in [0.2, 0.25) is 0 Å². The first-order valence-corrected chi connectivity index (χ1v) is 5.62. The lowest BCUT2D eigenvalue weighted by Crippen LogP contribution is -2.29. The van der Waals surface area contributed by atoms with E-state index in [0.717, 1.165) is 10.9 Å². The van der Waals surface area contributed by atoms with Gasteiger partial charge in [-0.25, -0.2) is 0 Å². The number of rotatable bonds is 3. The second kappa shape index (κ2) is 4.91. The molecule has 0 saturated heterocycles. The summed E-state index contributed by atoms with van der Waals surface area (Å²) in [7, 11) is 1.34. The van der Waals surface area contributed by atoms with Crippen molar-refractivity contribution in [2.24, 2.45) is 13.0 Å². The number of halogens is 3. The Hall–Kier alpha value is -2.05. The monoisotopic (exact) mass is 271 g/mol. The molecule has 1 aliphatic carbocycles. The van der Waals surface area contributed by atoms with Gasteiger partial charge < -0.3 is 5.32 Å². The quantitative estimate of drug-likeness (QED) is 0.912. The van der Waals surface area contributed by atoms with Crippen molar-refractivity contribution >= 4 is 5.91 Å². The van der Waals surface area contributed by atoms with Crippen LogP contribution in [-0.4, -0.2) is 22.2 Å². The highest BCUT2D eigenvalue weighted by atomic mass is 19.4. The van der Waals surface area contributed by atoms with Gasteiger partial charge in [-0.05, 0) is 0 Å². The van der Waals surface area contributed by atoms with E-state index >= 15 is 0 Å². The highest BCUT2D eigenvalue weighted by Gasteiger charge is 2.38. The van der Waals surface area contributed by atoms with Crippen LogP contribution in [0.25, 0.3) is 0 Å². The minimum atomic E-state index is -4.64. The molecule has 0 saturated carbocycles. The molecule has 1 aromatic rings. The molecule has 0 spiro atoms. The number of aromatic nitrogens is 2. The average Bonchev–Trinajstić information content (AvgIpc) is 2.93. The first kappa shape index (κ1) is 13.4. The number of carbonyl (C=O) groups excluding carboxylic acids is 1. The number of amides is 1. The van der Waals surface area contributed by atoms with E-state index in [1.54, 1.807) is 0 Å². The summed E-state index contributed by atoms with van der Waals surface area (Å²) in [6.45, 7) is 0.262. The Morgan fingerprint density at radius 1 is 1.42 bits per heavy atom. The van der Waals surface area contributed by atoms with Gasteiger partial charge in [0.15, 0.2) is 5.69 Å². The molecule has 0 aliphatic heterocycles. The Kier molecular flexibility index (Phi) is 3.46. The predicted octanol–water partition coefficient (Wildman–Crippen LogP) is 1.91. The van der Waals surface area contributed by atoms with Gasteiger partial charge >= 0.3 is 6.18 Å². The van der Waals surface area contributed by atoms with Gasteiger partial charge in [-0.2, -0.15) is 18.3 Å². The van der Waals surface area contributed by atoms with Crippen molar-refractivity contribution in [3.8, 4) is 0 Å². The van der Waals surface area contributed by atoms with Crippen LogP contribution in [0.3, 0.4) is 0 Å². The van der Waals surface area contributed by atoms with E-state index in [1.165, 1.54) is 7.05 Å². The van der Waals surface area contributed by atoms with Gasteiger partial charge in [0.1, 0.15) is 0 Å². The molecule has 1 aliphatic rings. The molecule has 102 valence electrons.